The third-order valence-corrected chi connectivity index (χ3v) is 7.30. The SMILES string of the molecule is C[C@@H]1CN([C@H](C)CO)C(=O)c2cccc(NC(=O)C3CCOCC3)c2O[C@H]1CN(C)CC1CC1. The van der Waals surface area contributed by atoms with Crippen molar-refractivity contribution >= 4 is 17.5 Å². The molecule has 0 spiro atoms. The molecule has 4 rings (SSSR count). The van der Waals surface area contributed by atoms with Gasteiger partial charge in [0.25, 0.3) is 5.91 Å². The lowest BCUT2D eigenvalue weighted by Crippen LogP contribution is -2.50. The summed E-state index contributed by atoms with van der Waals surface area (Å²) in [5.74, 6) is 0.884. The van der Waals surface area contributed by atoms with Gasteiger partial charge in [-0.1, -0.05) is 13.0 Å². The molecule has 3 aliphatic rings. The summed E-state index contributed by atoms with van der Waals surface area (Å²) in [6.45, 7) is 7.28. The van der Waals surface area contributed by atoms with Gasteiger partial charge >= 0.3 is 0 Å². The smallest absolute Gasteiger partial charge is 0.258 e. The van der Waals surface area contributed by atoms with Gasteiger partial charge in [-0.25, -0.2) is 0 Å². The van der Waals surface area contributed by atoms with E-state index in [-0.39, 0.29) is 42.4 Å². The number of rotatable bonds is 8. The number of nitrogens with one attached hydrogen (secondary N) is 1. The summed E-state index contributed by atoms with van der Waals surface area (Å²) in [4.78, 5) is 30.6. The number of ether oxygens (including phenoxy) is 2. The van der Waals surface area contributed by atoms with Gasteiger partial charge in [-0.05, 0) is 57.7 Å². The maximum atomic E-state index is 13.6. The Labute approximate surface area is 202 Å². The summed E-state index contributed by atoms with van der Waals surface area (Å²) < 4.78 is 12.0. The number of fused-ring (bicyclic) bond motifs is 1. The van der Waals surface area contributed by atoms with E-state index in [2.05, 4.69) is 24.2 Å². The number of hydrogen-bond acceptors (Lipinski definition) is 6. The Hall–Kier alpha value is -2.16. The molecule has 2 amide bonds. The number of nitrogens with zero attached hydrogens (tertiary/aromatic N) is 2. The second kappa shape index (κ2) is 11.1. The Bertz CT molecular complexity index is 868. The minimum absolute atomic E-state index is 0.0482. The van der Waals surface area contributed by atoms with Gasteiger partial charge in [0, 0.05) is 44.7 Å². The van der Waals surface area contributed by atoms with Crippen LogP contribution in [0.2, 0.25) is 0 Å². The first-order valence-electron chi connectivity index (χ1n) is 12.7. The van der Waals surface area contributed by atoms with Crippen LogP contribution >= 0.6 is 0 Å². The van der Waals surface area contributed by atoms with Gasteiger partial charge in [-0.3, -0.25) is 9.59 Å². The van der Waals surface area contributed by atoms with Gasteiger partial charge in [0.15, 0.2) is 5.75 Å². The number of carbonyl (C=O) groups excluding carboxylic acids is 2. The second-order valence-corrected chi connectivity index (χ2v) is 10.3. The maximum Gasteiger partial charge on any atom is 0.258 e. The standard InChI is InChI=1S/C26H39N3O5/c1-17-13-29(18(2)16-30)26(32)21-5-4-6-22(27-25(31)20-9-11-33-12-10-20)24(21)34-23(17)15-28(3)14-19-7-8-19/h4-6,17-20,23,30H,7-16H2,1-3H3,(H,27,31)/t17-,18-,23+/m1/s1. The zero-order chi connectivity index (χ0) is 24.2. The highest BCUT2D eigenvalue weighted by Gasteiger charge is 2.35. The molecule has 1 aliphatic carbocycles. The zero-order valence-corrected chi connectivity index (χ0v) is 20.7. The summed E-state index contributed by atoms with van der Waals surface area (Å²) in [6, 6.07) is 5.02. The predicted molar refractivity (Wildman–Crippen MR) is 130 cm³/mol. The Morgan fingerprint density at radius 2 is 1.97 bits per heavy atom. The number of aliphatic hydroxyl groups is 1. The van der Waals surface area contributed by atoms with Gasteiger partial charge in [0.1, 0.15) is 6.10 Å². The zero-order valence-electron chi connectivity index (χ0n) is 20.7. The molecule has 34 heavy (non-hydrogen) atoms. The predicted octanol–water partition coefficient (Wildman–Crippen LogP) is 2.61. The van der Waals surface area contributed by atoms with Crippen molar-refractivity contribution in [2.24, 2.45) is 17.8 Å². The molecule has 0 radical (unpaired) electrons. The van der Waals surface area contributed by atoms with Gasteiger partial charge in [-0.15, -0.1) is 0 Å². The molecule has 3 atom stereocenters. The highest BCUT2D eigenvalue weighted by Crippen LogP contribution is 2.36. The second-order valence-electron chi connectivity index (χ2n) is 10.3. The highest BCUT2D eigenvalue weighted by atomic mass is 16.5. The Kier molecular flexibility index (Phi) is 8.11. The molecule has 1 saturated heterocycles. The van der Waals surface area contributed by atoms with E-state index in [0.29, 0.717) is 49.6 Å². The van der Waals surface area contributed by atoms with Crippen LogP contribution < -0.4 is 10.1 Å². The van der Waals surface area contributed by atoms with Crippen LogP contribution in [0.4, 0.5) is 5.69 Å². The van der Waals surface area contributed by atoms with E-state index in [4.69, 9.17) is 9.47 Å². The van der Waals surface area contributed by atoms with E-state index in [0.717, 1.165) is 19.0 Å². The number of amides is 2. The summed E-state index contributed by atoms with van der Waals surface area (Å²) >= 11 is 0. The van der Waals surface area contributed by atoms with Gasteiger partial charge in [0.05, 0.1) is 23.9 Å². The van der Waals surface area contributed by atoms with Crippen LogP contribution in [0.25, 0.3) is 0 Å². The first kappa shape index (κ1) is 24.9. The molecule has 188 valence electrons. The van der Waals surface area contributed by atoms with Gasteiger partial charge in [0.2, 0.25) is 5.91 Å². The molecular weight excluding hydrogens is 434 g/mol. The quantitative estimate of drug-likeness (QED) is 0.603. The van der Waals surface area contributed by atoms with Crippen LogP contribution in [0.1, 0.15) is 49.9 Å². The fraction of sp³-hybridized carbons (Fsp3) is 0.692. The Morgan fingerprint density at radius 3 is 2.65 bits per heavy atom. The van der Waals surface area contributed by atoms with Crippen molar-refractivity contribution in [3.63, 3.8) is 0 Å². The summed E-state index contributed by atoms with van der Waals surface area (Å²) in [7, 11) is 2.12. The molecule has 1 aromatic carbocycles. The first-order chi connectivity index (χ1) is 16.4. The molecule has 0 unspecified atom stereocenters. The maximum absolute atomic E-state index is 13.6. The lowest BCUT2D eigenvalue weighted by atomic mass is 9.98. The number of anilines is 1. The van der Waals surface area contributed by atoms with Crippen molar-refractivity contribution in [3.05, 3.63) is 23.8 Å². The molecule has 0 aromatic heterocycles. The minimum Gasteiger partial charge on any atom is -0.486 e. The van der Waals surface area contributed by atoms with E-state index in [9.17, 15) is 14.7 Å². The third-order valence-electron chi connectivity index (χ3n) is 7.30. The molecule has 2 aliphatic heterocycles. The Morgan fingerprint density at radius 1 is 1.24 bits per heavy atom. The molecular formula is C26H39N3O5. The summed E-state index contributed by atoms with van der Waals surface area (Å²) in [5.41, 5.74) is 0.953. The van der Waals surface area contributed by atoms with Crippen LogP contribution in [0, 0.1) is 17.8 Å². The molecule has 2 heterocycles. The van der Waals surface area contributed by atoms with E-state index >= 15 is 0 Å². The number of hydrogen-bond donors (Lipinski definition) is 2. The van der Waals surface area contributed by atoms with Crippen molar-refractivity contribution in [3.8, 4) is 5.75 Å². The third kappa shape index (κ3) is 5.90. The fourth-order valence-corrected chi connectivity index (χ4v) is 4.88. The number of aliphatic hydroxyl groups excluding tert-OH is 1. The summed E-state index contributed by atoms with van der Waals surface area (Å²) in [5, 5.41) is 12.9. The van der Waals surface area contributed by atoms with Crippen molar-refractivity contribution in [1.82, 2.24) is 9.80 Å². The topological polar surface area (TPSA) is 91.3 Å². The van der Waals surface area contributed by atoms with Gasteiger partial charge in [-0.2, -0.15) is 0 Å². The molecule has 1 saturated carbocycles. The van der Waals surface area contributed by atoms with Crippen LogP contribution in [0.15, 0.2) is 18.2 Å². The number of carbonyl (C=O) groups is 2. The van der Waals surface area contributed by atoms with Crippen LogP contribution in [0.3, 0.4) is 0 Å². The molecule has 0 bridgehead atoms. The molecule has 8 nitrogen and oxygen atoms in total. The fourth-order valence-electron chi connectivity index (χ4n) is 4.88. The highest BCUT2D eigenvalue weighted by molar-refractivity contribution is 6.02. The van der Waals surface area contributed by atoms with Crippen LogP contribution in [-0.4, -0.2) is 85.4 Å². The number of benzene rings is 1. The van der Waals surface area contributed by atoms with Gasteiger partial charge < -0.3 is 29.7 Å². The molecule has 2 fully saturated rings. The normalized spacial score (nSPS) is 24.7. The van der Waals surface area contributed by atoms with Crippen molar-refractivity contribution in [2.45, 2.75) is 51.7 Å². The minimum atomic E-state index is -0.314. The van der Waals surface area contributed by atoms with E-state index in [1.54, 1.807) is 23.1 Å². The average Bonchev–Trinajstić information content (AvgIpc) is 3.65. The lowest BCUT2D eigenvalue weighted by molar-refractivity contribution is -0.122. The van der Waals surface area contributed by atoms with Crippen LogP contribution in [0.5, 0.6) is 5.75 Å². The molecule has 1 aromatic rings. The first-order valence-corrected chi connectivity index (χ1v) is 12.7. The number of para-hydroxylation sites is 1. The van der Waals surface area contributed by atoms with Crippen molar-refractivity contribution in [1.29, 1.82) is 0 Å². The average molecular weight is 474 g/mol. The van der Waals surface area contributed by atoms with E-state index in [1.807, 2.05) is 6.92 Å². The number of likely N-dealkylation sites (N-methyl/N-ethyl adjacent to an activating group) is 1. The van der Waals surface area contributed by atoms with E-state index < -0.39 is 0 Å². The Balaban J connectivity index is 1.64. The monoisotopic (exact) mass is 473 g/mol. The summed E-state index contributed by atoms with van der Waals surface area (Å²) in [6.07, 6.45) is 3.78. The largest absolute Gasteiger partial charge is 0.486 e. The lowest BCUT2D eigenvalue weighted by Gasteiger charge is -2.38. The van der Waals surface area contributed by atoms with E-state index in [1.165, 1.54) is 12.8 Å². The molecule has 8 heteroatoms. The molecule has 2 N–H and O–H groups in total. The van der Waals surface area contributed by atoms with Crippen LogP contribution in [-0.2, 0) is 9.53 Å². The van der Waals surface area contributed by atoms with Crippen molar-refractivity contribution in [2.75, 3.05) is 51.8 Å². The van der Waals surface area contributed by atoms with Crippen molar-refractivity contribution < 1.29 is 24.2 Å².